The van der Waals surface area contributed by atoms with Gasteiger partial charge in [0.05, 0.1) is 17.6 Å². The third-order valence-electron chi connectivity index (χ3n) is 4.89. The molecule has 0 unspecified atom stereocenters. The number of amides is 1. The van der Waals surface area contributed by atoms with E-state index in [0.717, 1.165) is 11.8 Å². The third-order valence-corrected chi connectivity index (χ3v) is 5.67. The van der Waals surface area contributed by atoms with Gasteiger partial charge in [0.1, 0.15) is 24.7 Å². The van der Waals surface area contributed by atoms with Crippen molar-refractivity contribution in [2.45, 2.75) is 18.4 Å². The van der Waals surface area contributed by atoms with E-state index in [1.165, 1.54) is 0 Å². The molecule has 0 saturated carbocycles. The number of likely N-dealkylation sites (N-methyl/N-ethyl adjacent to an activating group) is 1. The Morgan fingerprint density at radius 3 is 2.63 bits per heavy atom. The first-order chi connectivity index (χ1) is 14.3. The molecule has 0 saturated heterocycles. The van der Waals surface area contributed by atoms with E-state index < -0.39 is 9.84 Å². The van der Waals surface area contributed by atoms with E-state index in [2.05, 4.69) is 4.98 Å². The first-order valence-electron chi connectivity index (χ1n) is 9.54. The molecule has 0 N–H and O–H groups in total. The van der Waals surface area contributed by atoms with Crippen LogP contribution in [0.25, 0.3) is 11.0 Å². The van der Waals surface area contributed by atoms with Crippen molar-refractivity contribution in [1.82, 2.24) is 14.5 Å². The van der Waals surface area contributed by atoms with Crippen LogP contribution < -0.4 is 9.47 Å². The quantitative estimate of drug-likeness (QED) is 0.594. The number of aromatic nitrogens is 2. The molecule has 0 aliphatic carbocycles. The number of ether oxygens (including phenoxy) is 2. The molecule has 1 amide bonds. The van der Waals surface area contributed by atoms with E-state index in [1.54, 1.807) is 22.6 Å². The Bertz CT molecular complexity index is 1190. The second kappa shape index (κ2) is 7.98. The van der Waals surface area contributed by atoms with Crippen LogP contribution in [0.3, 0.4) is 0 Å². The van der Waals surface area contributed by atoms with Crippen molar-refractivity contribution in [1.29, 1.82) is 0 Å². The van der Waals surface area contributed by atoms with Gasteiger partial charge in [-0.15, -0.1) is 0 Å². The Labute approximate surface area is 174 Å². The number of rotatable bonds is 6. The maximum atomic E-state index is 12.9. The zero-order valence-electron chi connectivity index (χ0n) is 16.8. The number of sulfone groups is 1. The molecule has 0 radical (unpaired) electrons. The maximum Gasteiger partial charge on any atom is 0.242 e. The van der Waals surface area contributed by atoms with Crippen LogP contribution in [0, 0.1) is 0 Å². The highest BCUT2D eigenvalue weighted by molar-refractivity contribution is 7.89. The van der Waals surface area contributed by atoms with Crippen LogP contribution in [0.15, 0.2) is 48.5 Å². The van der Waals surface area contributed by atoms with E-state index in [9.17, 15) is 13.2 Å². The molecule has 8 nitrogen and oxygen atoms in total. The largest absolute Gasteiger partial charge is 0.486 e. The minimum Gasteiger partial charge on any atom is -0.486 e. The lowest BCUT2D eigenvalue weighted by Gasteiger charge is -2.29. The number of fused-ring (bicyclic) bond motifs is 2. The number of carbonyl (C=O) groups is 1. The topological polar surface area (TPSA) is 90.7 Å². The van der Waals surface area contributed by atoms with Gasteiger partial charge >= 0.3 is 0 Å². The lowest BCUT2D eigenvalue weighted by molar-refractivity contribution is -0.131. The Kier molecular flexibility index (Phi) is 5.38. The van der Waals surface area contributed by atoms with Crippen LogP contribution in [0.1, 0.15) is 5.82 Å². The highest BCUT2D eigenvalue weighted by atomic mass is 32.2. The van der Waals surface area contributed by atoms with Gasteiger partial charge in [-0.3, -0.25) is 4.79 Å². The molecule has 1 atom stereocenters. The zero-order chi connectivity index (χ0) is 21.3. The van der Waals surface area contributed by atoms with Crippen molar-refractivity contribution >= 4 is 26.8 Å². The molecule has 158 valence electrons. The van der Waals surface area contributed by atoms with Gasteiger partial charge in [-0.05, 0) is 24.3 Å². The number of benzene rings is 2. The third kappa shape index (κ3) is 4.40. The Hall–Kier alpha value is -3.07. The highest BCUT2D eigenvalue weighted by Crippen LogP contribution is 2.31. The van der Waals surface area contributed by atoms with E-state index in [4.69, 9.17) is 9.47 Å². The second-order valence-corrected chi connectivity index (χ2v) is 9.59. The predicted molar refractivity (Wildman–Crippen MR) is 112 cm³/mol. The second-order valence-electron chi connectivity index (χ2n) is 7.44. The standard InChI is InChI=1S/C21H23N3O5S/c1-23(11-15-13-28-18-9-5-6-10-19(18)29-15)21(25)12-24-17-8-4-3-7-16(17)22-20(24)14-30(2,26)27/h3-10,15H,11-14H2,1-2H3/t15-/m0/s1. The van der Waals surface area contributed by atoms with Gasteiger partial charge in [0.2, 0.25) is 5.91 Å². The highest BCUT2D eigenvalue weighted by Gasteiger charge is 2.25. The summed E-state index contributed by atoms with van der Waals surface area (Å²) < 4.78 is 37.0. The minimum absolute atomic E-state index is 0.00791. The lowest BCUT2D eigenvalue weighted by atomic mass is 10.2. The van der Waals surface area contributed by atoms with Gasteiger partial charge in [-0.1, -0.05) is 24.3 Å². The van der Waals surface area contributed by atoms with E-state index in [1.807, 2.05) is 42.5 Å². The number of hydrogen-bond donors (Lipinski definition) is 0. The van der Waals surface area contributed by atoms with Crippen molar-refractivity contribution in [2.24, 2.45) is 0 Å². The van der Waals surface area contributed by atoms with Gasteiger partial charge in [0, 0.05) is 13.3 Å². The number of para-hydroxylation sites is 4. The van der Waals surface area contributed by atoms with Crippen molar-refractivity contribution in [3.05, 3.63) is 54.4 Å². The molecule has 0 bridgehead atoms. The van der Waals surface area contributed by atoms with Crippen molar-refractivity contribution in [3.63, 3.8) is 0 Å². The van der Waals surface area contributed by atoms with Gasteiger partial charge in [0.25, 0.3) is 0 Å². The van der Waals surface area contributed by atoms with Gasteiger partial charge in [-0.25, -0.2) is 13.4 Å². The molecule has 1 aliphatic rings. The van der Waals surface area contributed by atoms with E-state index in [-0.39, 0.29) is 24.3 Å². The fourth-order valence-corrected chi connectivity index (χ4v) is 4.15. The van der Waals surface area contributed by atoms with E-state index in [0.29, 0.717) is 36.0 Å². The Morgan fingerprint density at radius 2 is 1.87 bits per heavy atom. The average Bonchev–Trinajstić information content (AvgIpc) is 3.03. The molecular weight excluding hydrogens is 406 g/mol. The summed E-state index contributed by atoms with van der Waals surface area (Å²) in [7, 11) is -1.60. The van der Waals surface area contributed by atoms with E-state index >= 15 is 0 Å². The average molecular weight is 429 g/mol. The maximum absolute atomic E-state index is 12.9. The predicted octanol–water partition coefficient (Wildman–Crippen LogP) is 1.88. The Morgan fingerprint density at radius 1 is 1.17 bits per heavy atom. The fraction of sp³-hybridized carbons (Fsp3) is 0.333. The van der Waals surface area contributed by atoms with Gasteiger partial charge < -0.3 is 18.9 Å². The molecule has 3 aromatic rings. The molecule has 0 fully saturated rings. The van der Waals surface area contributed by atoms with Crippen LogP contribution in [-0.4, -0.2) is 61.3 Å². The van der Waals surface area contributed by atoms with Crippen LogP contribution in [0.5, 0.6) is 11.5 Å². The molecule has 1 aromatic heterocycles. The summed E-state index contributed by atoms with van der Waals surface area (Å²) in [6, 6.07) is 14.7. The Balaban J connectivity index is 1.49. The zero-order valence-corrected chi connectivity index (χ0v) is 17.6. The van der Waals surface area contributed by atoms with Crippen LogP contribution in [0.4, 0.5) is 0 Å². The summed E-state index contributed by atoms with van der Waals surface area (Å²) in [5.41, 5.74) is 1.39. The molecular formula is C21H23N3O5S. The molecule has 2 aromatic carbocycles. The molecule has 4 rings (SSSR count). The van der Waals surface area contributed by atoms with Crippen molar-refractivity contribution in [3.8, 4) is 11.5 Å². The monoisotopic (exact) mass is 429 g/mol. The lowest BCUT2D eigenvalue weighted by Crippen LogP contribution is -2.42. The van der Waals surface area contributed by atoms with Crippen LogP contribution >= 0.6 is 0 Å². The van der Waals surface area contributed by atoms with Crippen molar-refractivity contribution < 1.29 is 22.7 Å². The molecule has 30 heavy (non-hydrogen) atoms. The SMILES string of the molecule is CN(C[C@H]1COc2ccccc2O1)C(=O)Cn1c(CS(C)(=O)=O)nc2ccccc21. The fourth-order valence-electron chi connectivity index (χ4n) is 3.46. The van der Waals surface area contributed by atoms with Gasteiger partial charge in [-0.2, -0.15) is 0 Å². The van der Waals surface area contributed by atoms with Gasteiger partial charge in [0.15, 0.2) is 27.4 Å². The van der Waals surface area contributed by atoms with Crippen LogP contribution in [-0.2, 0) is 26.9 Å². The number of carbonyl (C=O) groups excluding carboxylic acids is 1. The number of nitrogens with zero attached hydrogens (tertiary/aromatic N) is 3. The number of imidazole rings is 1. The molecule has 2 heterocycles. The molecule has 9 heteroatoms. The minimum atomic E-state index is -3.30. The normalized spacial score (nSPS) is 15.9. The summed E-state index contributed by atoms with van der Waals surface area (Å²) in [6.45, 7) is 0.690. The molecule has 0 spiro atoms. The summed E-state index contributed by atoms with van der Waals surface area (Å²) in [6.07, 6.45) is 0.868. The summed E-state index contributed by atoms with van der Waals surface area (Å²) in [5, 5.41) is 0. The smallest absolute Gasteiger partial charge is 0.242 e. The number of hydrogen-bond acceptors (Lipinski definition) is 6. The van der Waals surface area contributed by atoms with Crippen LogP contribution in [0.2, 0.25) is 0 Å². The van der Waals surface area contributed by atoms with Crippen molar-refractivity contribution in [2.75, 3.05) is 26.5 Å². The molecule has 1 aliphatic heterocycles. The summed E-state index contributed by atoms with van der Waals surface area (Å²) >= 11 is 0. The summed E-state index contributed by atoms with van der Waals surface area (Å²) in [4.78, 5) is 18.9. The summed E-state index contributed by atoms with van der Waals surface area (Å²) in [5.74, 6) is 1.31. The first-order valence-corrected chi connectivity index (χ1v) is 11.6. The first kappa shape index (κ1) is 20.2.